The van der Waals surface area contributed by atoms with Crippen LogP contribution in [-0.2, 0) is 4.79 Å². The first kappa shape index (κ1) is 11.6. The zero-order valence-electron chi connectivity index (χ0n) is 8.75. The molecule has 0 aliphatic heterocycles. The third-order valence-corrected chi connectivity index (χ3v) is 3.42. The summed E-state index contributed by atoms with van der Waals surface area (Å²) < 4.78 is 12.9. The molecule has 0 radical (unpaired) electrons. The first-order valence-electron chi connectivity index (χ1n) is 5.31. The molecule has 1 fully saturated rings. The van der Waals surface area contributed by atoms with Crippen molar-refractivity contribution >= 4 is 17.4 Å². The van der Waals surface area contributed by atoms with Crippen LogP contribution >= 0.6 is 11.6 Å². The van der Waals surface area contributed by atoms with Crippen LogP contribution in [-0.4, -0.2) is 11.8 Å². The monoisotopic (exact) mass is 241 g/mol. The molecule has 0 heterocycles. The molecule has 2 nitrogen and oxygen atoms in total. The molecular weight excluding hydrogens is 229 g/mol. The number of Topliss-reactive ketones (excluding diaryl/α,β-unsaturated/α-hetero) is 1. The second-order valence-corrected chi connectivity index (χ2v) is 4.62. The molecule has 1 aliphatic rings. The molecule has 0 aromatic heterocycles. The van der Waals surface area contributed by atoms with Gasteiger partial charge in [-0.25, -0.2) is 4.39 Å². The van der Waals surface area contributed by atoms with Crippen LogP contribution in [0.15, 0.2) is 18.2 Å². The number of nitrogens with two attached hydrogens (primary N) is 1. The number of ketones is 1. The lowest BCUT2D eigenvalue weighted by atomic mass is 9.81. The third-order valence-electron chi connectivity index (χ3n) is 3.09. The lowest BCUT2D eigenvalue weighted by molar-refractivity contribution is -0.121. The lowest BCUT2D eigenvalue weighted by Gasteiger charge is -2.26. The highest BCUT2D eigenvalue weighted by Gasteiger charge is 2.27. The van der Waals surface area contributed by atoms with Gasteiger partial charge in [-0.2, -0.15) is 0 Å². The summed E-state index contributed by atoms with van der Waals surface area (Å²) in [5.74, 6) is -0.0692. The summed E-state index contributed by atoms with van der Waals surface area (Å²) in [5, 5.41) is 0.423. The van der Waals surface area contributed by atoms with E-state index in [-0.39, 0.29) is 17.5 Å². The Labute approximate surface area is 98.6 Å². The molecule has 1 aromatic carbocycles. The number of benzene rings is 1. The van der Waals surface area contributed by atoms with Crippen LogP contribution in [0.25, 0.3) is 0 Å². The van der Waals surface area contributed by atoms with E-state index in [1.54, 1.807) is 6.07 Å². The maximum atomic E-state index is 12.9. The van der Waals surface area contributed by atoms with Crippen LogP contribution in [0.1, 0.15) is 30.7 Å². The molecule has 1 aromatic rings. The van der Waals surface area contributed by atoms with Crippen molar-refractivity contribution in [2.75, 3.05) is 0 Å². The molecule has 0 amide bonds. The normalized spacial score (nSPS) is 25.8. The molecule has 2 rings (SSSR count). The van der Waals surface area contributed by atoms with E-state index in [0.717, 1.165) is 12.0 Å². The van der Waals surface area contributed by atoms with E-state index in [9.17, 15) is 9.18 Å². The van der Waals surface area contributed by atoms with Crippen molar-refractivity contribution in [1.29, 1.82) is 0 Å². The molecule has 2 atom stereocenters. The average molecular weight is 242 g/mol. The van der Waals surface area contributed by atoms with E-state index in [1.165, 1.54) is 12.1 Å². The van der Waals surface area contributed by atoms with Gasteiger partial charge in [0.15, 0.2) is 0 Å². The molecule has 0 saturated heterocycles. The van der Waals surface area contributed by atoms with Gasteiger partial charge in [0.25, 0.3) is 0 Å². The quantitative estimate of drug-likeness (QED) is 0.822. The van der Waals surface area contributed by atoms with E-state index < -0.39 is 6.04 Å². The van der Waals surface area contributed by atoms with E-state index >= 15 is 0 Å². The number of carbonyl (C=O) groups excluding carboxylic acids is 1. The maximum absolute atomic E-state index is 12.9. The van der Waals surface area contributed by atoms with Gasteiger partial charge in [-0.15, -0.1) is 0 Å². The van der Waals surface area contributed by atoms with E-state index in [2.05, 4.69) is 0 Å². The summed E-state index contributed by atoms with van der Waals surface area (Å²) in [6.07, 6.45) is 1.83. The van der Waals surface area contributed by atoms with Crippen molar-refractivity contribution in [2.45, 2.75) is 31.2 Å². The fourth-order valence-corrected chi connectivity index (χ4v) is 2.49. The van der Waals surface area contributed by atoms with Gasteiger partial charge in [0, 0.05) is 11.4 Å². The van der Waals surface area contributed by atoms with Gasteiger partial charge in [0.1, 0.15) is 11.6 Å². The standard InChI is InChI=1S/C12H13ClFNO/c13-10-6-8(14)2-3-9(10)7-1-4-12(16)11(15)5-7/h2-3,6-7,11H,1,4-5,15H2. The Morgan fingerprint density at radius 1 is 1.44 bits per heavy atom. The van der Waals surface area contributed by atoms with Crippen molar-refractivity contribution < 1.29 is 9.18 Å². The predicted octanol–water partition coefficient (Wildman–Crippen LogP) is 2.64. The molecule has 0 bridgehead atoms. The highest BCUT2D eigenvalue weighted by atomic mass is 35.5. The molecule has 16 heavy (non-hydrogen) atoms. The molecule has 0 spiro atoms. The van der Waals surface area contributed by atoms with E-state index in [1.807, 2.05) is 0 Å². The van der Waals surface area contributed by atoms with Gasteiger partial charge in [-0.3, -0.25) is 4.79 Å². The van der Waals surface area contributed by atoms with E-state index in [0.29, 0.717) is 17.9 Å². The van der Waals surface area contributed by atoms with Crippen molar-refractivity contribution in [3.05, 3.63) is 34.6 Å². The summed E-state index contributed by atoms with van der Waals surface area (Å²) in [6, 6.07) is 3.98. The largest absolute Gasteiger partial charge is 0.321 e. The van der Waals surface area contributed by atoms with Gasteiger partial charge >= 0.3 is 0 Å². The second kappa shape index (κ2) is 4.52. The SMILES string of the molecule is NC1CC(c2ccc(F)cc2Cl)CCC1=O. The molecule has 2 unspecified atom stereocenters. The Bertz CT molecular complexity index is 421. The smallest absolute Gasteiger partial charge is 0.149 e. The molecular formula is C12H13ClFNO. The van der Waals surface area contributed by atoms with E-state index in [4.69, 9.17) is 17.3 Å². The number of halogens is 2. The molecule has 4 heteroatoms. The van der Waals surface area contributed by atoms with Gasteiger partial charge < -0.3 is 5.73 Å². The third kappa shape index (κ3) is 2.25. The predicted molar refractivity (Wildman–Crippen MR) is 61.0 cm³/mol. The Morgan fingerprint density at radius 2 is 2.19 bits per heavy atom. The molecule has 1 aliphatic carbocycles. The topological polar surface area (TPSA) is 43.1 Å². The Hall–Kier alpha value is -0.930. The fraction of sp³-hybridized carbons (Fsp3) is 0.417. The van der Waals surface area contributed by atoms with Gasteiger partial charge in [-0.1, -0.05) is 17.7 Å². The van der Waals surface area contributed by atoms with Crippen LogP contribution in [0.5, 0.6) is 0 Å². The van der Waals surface area contributed by atoms with Crippen LogP contribution in [0, 0.1) is 5.82 Å². The number of carbonyl (C=O) groups is 1. The molecule has 2 N–H and O–H groups in total. The Kier molecular flexibility index (Phi) is 3.26. The summed E-state index contributed by atoms with van der Waals surface area (Å²) in [5.41, 5.74) is 6.61. The van der Waals surface area contributed by atoms with Crippen molar-refractivity contribution in [1.82, 2.24) is 0 Å². The zero-order valence-corrected chi connectivity index (χ0v) is 9.51. The number of hydrogen-bond donors (Lipinski definition) is 1. The van der Waals surface area contributed by atoms with Crippen LogP contribution in [0.3, 0.4) is 0 Å². The van der Waals surface area contributed by atoms with Crippen molar-refractivity contribution in [3.63, 3.8) is 0 Å². The first-order chi connectivity index (χ1) is 7.58. The molecule has 86 valence electrons. The van der Waals surface area contributed by atoms with Crippen LogP contribution < -0.4 is 5.73 Å². The van der Waals surface area contributed by atoms with Crippen molar-refractivity contribution in [2.24, 2.45) is 5.73 Å². The second-order valence-electron chi connectivity index (χ2n) is 4.21. The Balaban J connectivity index is 2.21. The average Bonchev–Trinajstić information content (AvgIpc) is 2.22. The highest BCUT2D eigenvalue weighted by molar-refractivity contribution is 6.31. The number of rotatable bonds is 1. The van der Waals surface area contributed by atoms with Crippen LogP contribution in [0.4, 0.5) is 4.39 Å². The Morgan fingerprint density at radius 3 is 2.81 bits per heavy atom. The molecule has 1 saturated carbocycles. The minimum Gasteiger partial charge on any atom is -0.321 e. The number of hydrogen-bond acceptors (Lipinski definition) is 2. The van der Waals surface area contributed by atoms with Crippen molar-refractivity contribution in [3.8, 4) is 0 Å². The fourth-order valence-electron chi connectivity index (χ4n) is 2.17. The van der Waals surface area contributed by atoms with Crippen LogP contribution in [0.2, 0.25) is 5.02 Å². The van der Waals surface area contributed by atoms with Gasteiger partial charge in [-0.05, 0) is 36.5 Å². The summed E-state index contributed by atoms with van der Waals surface area (Å²) >= 11 is 5.98. The lowest BCUT2D eigenvalue weighted by Crippen LogP contribution is -2.36. The highest BCUT2D eigenvalue weighted by Crippen LogP contribution is 2.35. The minimum absolute atomic E-state index is 0.106. The minimum atomic E-state index is -0.403. The summed E-state index contributed by atoms with van der Waals surface area (Å²) in [4.78, 5) is 11.3. The first-order valence-corrected chi connectivity index (χ1v) is 5.69. The zero-order chi connectivity index (χ0) is 11.7. The maximum Gasteiger partial charge on any atom is 0.149 e. The van der Waals surface area contributed by atoms with Gasteiger partial charge in [0.2, 0.25) is 0 Å². The summed E-state index contributed by atoms with van der Waals surface area (Å²) in [7, 11) is 0. The summed E-state index contributed by atoms with van der Waals surface area (Å²) in [6.45, 7) is 0. The van der Waals surface area contributed by atoms with Gasteiger partial charge in [0.05, 0.1) is 6.04 Å².